The minimum Gasteiger partial charge on any atom is -0.339 e. The molecular weight excluding hydrogens is 286 g/mol. The molecule has 100 valence electrons. The molecule has 0 aliphatic rings. The highest BCUT2D eigenvalue weighted by Gasteiger charge is 2.18. The summed E-state index contributed by atoms with van der Waals surface area (Å²) in [6, 6.07) is 0. The third-order valence-corrected chi connectivity index (χ3v) is 4.18. The summed E-state index contributed by atoms with van der Waals surface area (Å²) in [5, 5.41) is 0.187. The number of hydrogen-bond donors (Lipinski definition) is 2. The predicted molar refractivity (Wildman–Crippen MR) is 72.1 cm³/mol. The number of rotatable bonds is 3. The standard InChI is InChI=1S/C10H11N5O2S2/c1-15-6-9(13-7-15)19(16,17)14-10-12-5-8(18-10)3-2-4-11/h5-7H,4,11H2,1H3,(H,12,14). The lowest BCUT2D eigenvalue weighted by molar-refractivity contribution is 0.598. The Morgan fingerprint density at radius 2 is 2.32 bits per heavy atom. The molecule has 0 bridgehead atoms. The van der Waals surface area contributed by atoms with Gasteiger partial charge in [-0.15, -0.1) is 0 Å². The van der Waals surface area contributed by atoms with Gasteiger partial charge in [0, 0.05) is 13.2 Å². The van der Waals surface area contributed by atoms with E-state index in [0.29, 0.717) is 4.88 Å². The van der Waals surface area contributed by atoms with E-state index < -0.39 is 10.0 Å². The van der Waals surface area contributed by atoms with Crippen molar-refractivity contribution in [2.75, 3.05) is 11.3 Å². The van der Waals surface area contributed by atoms with E-state index >= 15 is 0 Å². The minimum atomic E-state index is -3.71. The number of anilines is 1. The van der Waals surface area contributed by atoms with Crippen molar-refractivity contribution in [3.63, 3.8) is 0 Å². The summed E-state index contributed by atoms with van der Waals surface area (Å²) in [7, 11) is -2.02. The van der Waals surface area contributed by atoms with Gasteiger partial charge in [0.25, 0.3) is 10.0 Å². The summed E-state index contributed by atoms with van der Waals surface area (Å²) in [5.41, 5.74) is 5.25. The molecule has 0 atom stereocenters. The summed E-state index contributed by atoms with van der Waals surface area (Å²) in [6.07, 6.45) is 4.31. The molecule has 0 radical (unpaired) electrons. The molecule has 0 fully saturated rings. The van der Waals surface area contributed by atoms with Gasteiger partial charge in [-0.25, -0.2) is 9.97 Å². The first-order chi connectivity index (χ1) is 9.01. The monoisotopic (exact) mass is 297 g/mol. The van der Waals surface area contributed by atoms with E-state index in [4.69, 9.17) is 5.73 Å². The van der Waals surface area contributed by atoms with Crippen molar-refractivity contribution < 1.29 is 8.42 Å². The maximum Gasteiger partial charge on any atom is 0.282 e. The molecule has 9 heteroatoms. The molecule has 2 heterocycles. The summed E-state index contributed by atoms with van der Waals surface area (Å²) in [4.78, 5) is 8.36. The molecule has 0 amide bonds. The van der Waals surface area contributed by atoms with Gasteiger partial charge < -0.3 is 10.3 Å². The van der Waals surface area contributed by atoms with Gasteiger partial charge in [0.05, 0.1) is 23.9 Å². The molecule has 7 nitrogen and oxygen atoms in total. The fraction of sp³-hybridized carbons (Fsp3) is 0.200. The molecule has 0 saturated carbocycles. The van der Waals surface area contributed by atoms with Crippen molar-refractivity contribution in [3.05, 3.63) is 23.6 Å². The van der Waals surface area contributed by atoms with E-state index in [1.807, 2.05) is 0 Å². The fourth-order valence-corrected chi connectivity index (χ4v) is 3.13. The number of sulfonamides is 1. The Labute approximate surface area is 114 Å². The second kappa shape index (κ2) is 5.40. The second-order valence-electron chi connectivity index (χ2n) is 3.52. The largest absolute Gasteiger partial charge is 0.339 e. The molecule has 0 aromatic carbocycles. The van der Waals surface area contributed by atoms with Gasteiger partial charge in [-0.1, -0.05) is 23.2 Å². The van der Waals surface area contributed by atoms with Crippen LogP contribution in [0.1, 0.15) is 4.88 Å². The molecule has 2 aromatic rings. The zero-order valence-electron chi connectivity index (χ0n) is 9.99. The van der Waals surface area contributed by atoms with E-state index in [2.05, 4.69) is 26.5 Å². The van der Waals surface area contributed by atoms with Crippen molar-refractivity contribution in [1.29, 1.82) is 0 Å². The number of thiazole rings is 1. The Balaban J connectivity index is 2.19. The average Bonchev–Trinajstić information content (AvgIpc) is 2.95. The van der Waals surface area contributed by atoms with E-state index in [9.17, 15) is 8.42 Å². The van der Waals surface area contributed by atoms with Gasteiger partial charge >= 0.3 is 0 Å². The van der Waals surface area contributed by atoms with Crippen LogP contribution >= 0.6 is 11.3 Å². The van der Waals surface area contributed by atoms with Gasteiger partial charge in [0.2, 0.25) is 0 Å². The van der Waals surface area contributed by atoms with Gasteiger partial charge in [0.15, 0.2) is 10.2 Å². The van der Waals surface area contributed by atoms with Crippen LogP contribution in [0.25, 0.3) is 0 Å². The van der Waals surface area contributed by atoms with E-state index in [1.165, 1.54) is 18.7 Å². The summed E-state index contributed by atoms with van der Waals surface area (Å²) in [6.45, 7) is 0.243. The maximum atomic E-state index is 12.0. The van der Waals surface area contributed by atoms with Crippen LogP contribution in [0.15, 0.2) is 23.7 Å². The van der Waals surface area contributed by atoms with E-state index in [1.54, 1.807) is 11.6 Å². The molecule has 0 unspecified atom stereocenters. The van der Waals surface area contributed by atoms with Crippen LogP contribution in [0.4, 0.5) is 5.13 Å². The number of aryl methyl sites for hydroxylation is 1. The second-order valence-corrected chi connectivity index (χ2v) is 6.18. The Hall–Kier alpha value is -1.89. The smallest absolute Gasteiger partial charge is 0.282 e. The number of aromatic nitrogens is 3. The first-order valence-electron chi connectivity index (χ1n) is 5.17. The predicted octanol–water partition coefficient (Wildman–Crippen LogP) is -0.0124. The SMILES string of the molecule is Cn1cnc(S(=O)(=O)Nc2ncc(C#CCN)s2)c1. The lowest BCUT2D eigenvalue weighted by Crippen LogP contribution is -2.13. The van der Waals surface area contributed by atoms with Crippen LogP contribution in [-0.4, -0.2) is 29.5 Å². The third-order valence-electron chi connectivity index (χ3n) is 2.00. The molecule has 2 rings (SSSR count). The molecule has 0 spiro atoms. The molecule has 0 aliphatic heterocycles. The number of nitrogens with two attached hydrogens (primary N) is 1. The normalized spacial score (nSPS) is 10.8. The quantitative estimate of drug-likeness (QED) is 0.776. The van der Waals surface area contributed by atoms with Gasteiger partial charge in [-0.3, -0.25) is 4.72 Å². The van der Waals surface area contributed by atoms with Crippen LogP contribution in [-0.2, 0) is 17.1 Å². The number of nitrogens with one attached hydrogen (secondary N) is 1. The zero-order chi connectivity index (χ0) is 13.9. The molecule has 0 saturated heterocycles. The van der Waals surface area contributed by atoms with Crippen molar-refractivity contribution in [2.45, 2.75) is 5.03 Å². The first-order valence-corrected chi connectivity index (χ1v) is 7.47. The molecule has 3 N–H and O–H groups in total. The Morgan fingerprint density at radius 1 is 1.53 bits per heavy atom. The van der Waals surface area contributed by atoms with Gasteiger partial charge in [-0.05, 0) is 0 Å². The summed E-state index contributed by atoms with van der Waals surface area (Å²) < 4.78 is 27.8. The number of hydrogen-bond acceptors (Lipinski definition) is 6. The topological polar surface area (TPSA) is 103 Å². The van der Waals surface area contributed by atoms with Crippen LogP contribution < -0.4 is 10.5 Å². The van der Waals surface area contributed by atoms with Crippen LogP contribution in [0.2, 0.25) is 0 Å². The minimum absolute atomic E-state index is 0.0557. The Kier molecular flexibility index (Phi) is 3.84. The Bertz CT molecular complexity index is 735. The van der Waals surface area contributed by atoms with E-state index in [-0.39, 0.29) is 16.7 Å². The van der Waals surface area contributed by atoms with Gasteiger partial charge in [0.1, 0.15) is 0 Å². The van der Waals surface area contributed by atoms with Crippen LogP contribution in [0, 0.1) is 11.8 Å². The number of imidazole rings is 1. The van der Waals surface area contributed by atoms with Crippen molar-refractivity contribution in [2.24, 2.45) is 12.8 Å². The highest BCUT2D eigenvalue weighted by atomic mass is 32.2. The highest BCUT2D eigenvalue weighted by molar-refractivity contribution is 7.92. The lowest BCUT2D eigenvalue weighted by atomic mass is 10.5. The molecule has 19 heavy (non-hydrogen) atoms. The van der Waals surface area contributed by atoms with Crippen molar-refractivity contribution in [3.8, 4) is 11.8 Å². The van der Waals surface area contributed by atoms with Crippen molar-refractivity contribution in [1.82, 2.24) is 14.5 Å². The summed E-state index contributed by atoms with van der Waals surface area (Å²) in [5.74, 6) is 5.45. The zero-order valence-corrected chi connectivity index (χ0v) is 11.6. The third kappa shape index (κ3) is 3.31. The summed E-state index contributed by atoms with van der Waals surface area (Å²) >= 11 is 1.14. The first kappa shape index (κ1) is 13.5. The van der Waals surface area contributed by atoms with Crippen molar-refractivity contribution >= 4 is 26.5 Å². The molecule has 2 aromatic heterocycles. The Morgan fingerprint density at radius 3 is 2.95 bits per heavy atom. The maximum absolute atomic E-state index is 12.0. The van der Waals surface area contributed by atoms with Gasteiger partial charge in [-0.2, -0.15) is 8.42 Å². The average molecular weight is 297 g/mol. The number of nitrogens with zero attached hydrogens (tertiary/aromatic N) is 3. The molecular formula is C10H11N5O2S2. The highest BCUT2D eigenvalue weighted by Crippen LogP contribution is 2.20. The fourth-order valence-electron chi connectivity index (χ4n) is 1.21. The lowest BCUT2D eigenvalue weighted by Gasteiger charge is -2.00. The molecule has 0 aliphatic carbocycles. The van der Waals surface area contributed by atoms with Crippen LogP contribution in [0.5, 0.6) is 0 Å². The van der Waals surface area contributed by atoms with E-state index in [0.717, 1.165) is 11.3 Å². The van der Waals surface area contributed by atoms with Crippen LogP contribution in [0.3, 0.4) is 0 Å².